The van der Waals surface area contributed by atoms with Crippen LogP contribution in [0.5, 0.6) is 0 Å². The van der Waals surface area contributed by atoms with Crippen LogP contribution < -0.4 is 10.2 Å². The third kappa shape index (κ3) is 4.60. The molecule has 1 N–H and O–H groups in total. The first-order chi connectivity index (χ1) is 16.5. The topological polar surface area (TPSA) is 79.2 Å². The Morgan fingerprint density at radius 2 is 1.85 bits per heavy atom. The number of anilines is 1. The Morgan fingerprint density at radius 1 is 1.09 bits per heavy atom. The molecule has 4 aromatic rings. The van der Waals surface area contributed by atoms with Gasteiger partial charge in [0.15, 0.2) is 5.65 Å². The highest BCUT2D eigenvalue weighted by atomic mass is 35.5. The molecule has 0 radical (unpaired) electrons. The third-order valence-electron chi connectivity index (χ3n) is 6.22. The van der Waals surface area contributed by atoms with Crippen LogP contribution in [0.25, 0.3) is 16.7 Å². The summed E-state index contributed by atoms with van der Waals surface area (Å²) in [4.78, 5) is 26.2. The molecular weight excluding hydrogens is 450 g/mol. The monoisotopic (exact) mass is 475 g/mol. The second-order valence-electron chi connectivity index (χ2n) is 8.63. The second-order valence-corrected chi connectivity index (χ2v) is 9.07. The van der Waals surface area contributed by atoms with E-state index in [9.17, 15) is 4.79 Å². The number of aryl methyl sites for hydroxylation is 1. The van der Waals surface area contributed by atoms with Gasteiger partial charge in [-0.25, -0.2) is 14.6 Å². The molecule has 0 aliphatic carbocycles. The maximum Gasteiger partial charge on any atom is 0.239 e. The van der Waals surface area contributed by atoms with E-state index >= 15 is 0 Å². The van der Waals surface area contributed by atoms with E-state index in [1.54, 1.807) is 0 Å². The lowest BCUT2D eigenvalue weighted by atomic mass is 10.1. The van der Waals surface area contributed by atoms with Gasteiger partial charge in [0.05, 0.1) is 11.1 Å². The average molecular weight is 476 g/mol. The lowest BCUT2D eigenvalue weighted by Crippen LogP contribution is -2.57. The van der Waals surface area contributed by atoms with Crippen molar-refractivity contribution in [3.8, 4) is 5.69 Å². The van der Waals surface area contributed by atoms with Gasteiger partial charge in [0.25, 0.3) is 0 Å². The molecule has 0 unspecified atom stereocenters. The molecule has 3 heterocycles. The number of benzene rings is 2. The van der Waals surface area contributed by atoms with E-state index in [4.69, 9.17) is 11.6 Å². The summed E-state index contributed by atoms with van der Waals surface area (Å²) in [5.41, 5.74) is 3.80. The van der Waals surface area contributed by atoms with Gasteiger partial charge in [-0.05, 0) is 43.8 Å². The summed E-state index contributed by atoms with van der Waals surface area (Å²) in [7, 11) is 1.98. The highest BCUT2D eigenvalue weighted by Crippen LogP contribution is 2.25. The normalized spacial score (nSPS) is 16.7. The van der Waals surface area contributed by atoms with Gasteiger partial charge in [0.2, 0.25) is 5.91 Å². The highest BCUT2D eigenvalue weighted by molar-refractivity contribution is 6.30. The first-order valence-electron chi connectivity index (χ1n) is 11.2. The summed E-state index contributed by atoms with van der Waals surface area (Å²) in [6.45, 7) is 4.56. The number of nitrogens with zero attached hydrogens (tertiary/aromatic N) is 6. The molecule has 1 atom stereocenters. The first kappa shape index (κ1) is 22.3. The maximum atomic E-state index is 13.1. The van der Waals surface area contributed by atoms with Crippen LogP contribution >= 0.6 is 11.6 Å². The molecule has 34 heavy (non-hydrogen) atoms. The van der Waals surface area contributed by atoms with Gasteiger partial charge in [-0.3, -0.25) is 9.69 Å². The number of carbonyl (C=O) groups is 1. The molecule has 5 rings (SSSR count). The Labute approximate surface area is 203 Å². The van der Waals surface area contributed by atoms with Crippen molar-refractivity contribution in [2.75, 3.05) is 31.6 Å². The number of likely N-dealkylation sites (N-methyl/N-ethyl adjacent to an activating group) is 1. The molecule has 1 aliphatic heterocycles. The van der Waals surface area contributed by atoms with E-state index in [1.165, 1.54) is 11.9 Å². The van der Waals surface area contributed by atoms with E-state index < -0.39 is 0 Å². The van der Waals surface area contributed by atoms with Crippen LogP contribution in [0.4, 0.5) is 5.82 Å². The molecular formula is C25H26ClN7O. The van der Waals surface area contributed by atoms with Crippen LogP contribution in [0.3, 0.4) is 0 Å². The van der Waals surface area contributed by atoms with Crippen LogP contribution in [0.15, 0.2) is 61.1 Å². The molecule has 2 aromatic carbocycles. The van der Waals surface area contributed by atoms with Crippen molar-refractivity contribution in [1.82, 2.24) is 30.0 Å². The van der Waals surface area contributed by atoms with Crippen LogP contribution in [0.1, 0.15) is 11.1 Å². The van der Waals surface area contributed by atoms with E-state index in [0.29, 0.717) is 23.8 Å². The van der Waals surface area contributed by atoms with Crippen molar-refractivity contribution < 1.29 is 4.79 Å². The lowest BCUT2D eigenvalue weighted by molar-refractivity contribution is -0.126. The van der Waals surface area contributed by atoms with Crippen molar-refractivity contribution in [3.05, 3.63) is 77.2 Å². The Balaban J connectivity index is 1.35. The molecule has 1 saturated heterocycles. The molecule has 2 aromatic heterocycles. The van der Waals surface area contributed by atoms with E-state index in [1.807, 2.05) is 54.3 Å². The Morgan fingerprint density at radius 3 is 2.62 bits per heavy atom. The number of aromatic nitrogens is 4. The van der Waals surface area contributed by atoms with Gasteiger partial charge in [-0.15, -0.1) is 5.10 Å². The van der Waals surface area contributed by atoms with Crippen molar-refractivity contribution in [2.24, 2.45) is 0 Å². The van der Waals surface area contributed by atoms with Gasteiger partial charge in [-0.2, -0.15) is 0 Å². The predicted molar refractivity (Wildman–Crippen MR) is 133 cm³/mol. The molecule has 0 bridgehead atoms. The summed E-state index contributed by atoms with van der Waals surface area (Å²) in [6, 6.07) is 15.4. The van der Waals surface area contributed by atoms with E-state index in [-0.39, 0.29) is 11.9 Å². The summed E-state index contributed by atoms with van der Waals surface area (Å²) in [5, 5.41) is 9.25. The molecule has 0 spiro atoms. The zero-order valence-corrected chi connectivity index (χ0v) is 19.9. The number of hydrogen-bond acceptors (Lipinski definition) is 6. The minimum atomic E-state index is -0.293. The minimum absolute atomic E-state index is 0.0113. The fraction of sp³-hybridized carbons (Fsp3) is 0.280. The number of piperazine rings is 1. The minimum Gasteiger partial charge on any atom is -0.353 e. The van der Waals surface area contributed by atoms with Crippen molar-refractivity contribution in [1.29, 1.82) is 0 Å². The molecule has 0 saturated carbocycles. The van der Waals surface area contributed by atoms with Crippen LogP contribution in [-0.4, -0.2) is 63.3 Å². The van der Waals surface area contributed by atoms with Crippen molar-refractivity contribution in [2.45, 2.75) is 19.5 Å². The SMILES string of the molecule is Cc1ccc(-n2cc3c(N4CCN(C)[C@H](C(=O)NCc5ccc(Cl)cc5)C4)ncnc3n2)cc1. The predicted octanol–water partition coefficient (Wildman–Crippen LogP) is 3.21. The number of fused-ring (bicyclic) bond motifs is 1. The van der Waals surface area contributed by atoms with Gasteiger partial charge in [0, 0.05) is 37.4 Å². The molecule has 1 aliphatic rings. The molecule has 9 heteroatoms. The fourth-order valence-electron chi connectivity index (χ4n) is 4.17. The Bertz CT molecular complexity index is 1300. The standard InChI is InChI=1S/C25H26ClN7O/c1-17-3-9-20(10-4-17)33-14-21-23(30-33)28-16-29-24(21)32-12-11-31(2)22(15-32)25(34)27-13-18-5-7-19(26)8-6-18/h3-10,14,16,22H,11-13,15H2,1-2H3,(H,27,34)/t22-/m0/s1. The number of nitrogens with one attached hydrogen (secondary N) is 1. The number of hydrogen-bond donors (Lipinski definition) is 1. The zero-order chi connectivity index (χ0) is 23.7. The molecule has 174 valence electrons. The largest absolute Gasteiger partial charge is 0.353 e. The Hall–Kier alpha value is -3.49. The summed E-state index contributed by atoms with van der Waals surface area (Å²) in [6.07, 6.45) is 3.50. The summed E-state index contributed by atoms with van der Waals surface area (Å²) in [5.74, 6) is 0.787. The van der Waals surface area contributed by atoms with Crippen LogP contribution in [0, 0.1) is 6.92 Å². The number of carbonyl (C=O) groups excluding carboxylic acids is 1. The Kier molecular flexibility index (Phi) is 6.17. The van der Waals surface area contributed by atoms with Gasteiger partial charge in [-0.1, -0.05) is 41.4 Å². The summed E-state index contributed by atoms with van der Waals surface area (Å²) < 4.78 is 1.83. The van der Waals surface area contributed by atoms with E-state index in [0.717, 1.165) is 35.5 Å². The van der Waals surface area contributed by atoms with Crippen LogP contribution in [-0.2, 0) is 11.3 Å². The zero-order valence-electron chi connectivity index (χ0n) is 19.1. The first-order valence-corrected chi connectivity index (χ1v) is 11.6. The molecule has 8 nitrogen and oxygen atoms in total. The fourth-order valence-corrected chi connectivity index (χ4v) is 4.29. The third-order valence-corrected chi connectivity index (χ3v) is 6.48. The highest BCUT2D eigenvalue weighted by Gasteiger charge is 2.31. The van der Waals surface area contributed by atoms with Crippen molar-refractivity contribution >= 4 is 34.4 Å². The number of halogens is 1. The smallest absolute Gasteiger partial charge is 0.239 e. The van der Waals surface area contributed by atoms with Crippen molar-refractivity contribution in [3.63, 3.8) is 0 Å². The summed E-state index contributed by atoms with van der Waals surface area (Å²) >= 11 is 5.96. The van der Waals surface area contributed by atoms with E-state index in [2.05, 4.69) is 49.2 Å². The maximum absolute atomic E-state index is 13.1. The molecule has 1 fully saturated rings. The number of rotatable bonds is 5. The van der Waals surface area contributed by atoms with Gasteiger partial charge in [0.1, 0.15) is 18.2 Å². The van der Waals surface area contributed by atoms with Crippen LogP contribution in [0.2, 0.25) is 5.02 Å². The quantitative estimate of drug-likeness (QED) is 0.477. The second kappa shape index (κ2) is 9.40. The van der Waals surface area contributed by atoms with Gasteiger partial charge < -0.3 is 10.2 Å². The van der Waals surface area contributed by atoms with Gasteiger partial charge >= 0.3 is 0 Å². The molecule has 1 amide bonds. The lowest BCUT2D eigenvalue weighted by Gasteiger charge is -2.39. The number of amides is 1. The average Bonchev–Trinajstić information content (AvgIpc) is 3.29.